The summed E-state index contributed by atoms with van der Waals surface area (Å²) >= 11 is 5.95. The third-order valence-electron chi connectivity index (χ3n) is 2.60. The van der Waals surface area contributed by atoms with Gasteiger partial charge in [-0.05, 0) is 25.1 Å². The van der Waals surface area contributed by atoms with Gasteiger partial charge in [0.2, 0.25) is 0 Å². The van der Waals surface area contributed by atoms with Crippen molar-refractivity contribution < 1.29 is 4.74 Å². The van der Waals surface area contributed by atoms with E-state index in [1.807, 2.05) is 18.2 Å². The second-order valence-corrected chi connectivity index (χ2v) is 4.22. The van der Waals surface area contributed by atoms with Gasteiger partial charge in [-0.1, -0.05) is 37.9 Å². The molecule has 0 spiro atoms. The first-order valence-electron chi connectivity index (χ1n) is 5.79. The van der Waals surface area contributed by atoms with E-state index in [4.69, 9.17) is 16.3 Å². The van der Waals surface area contributed by atoms with Crippen LogP contribution in [0.3, 0.4) is 0 Å². The molecule has 90 valence electrons. The van der Waals surface area contributed by atoms with Crippen molar-refractivity contribution in [1.29, 1.82) is 0 Å². The lowest BCUT2D eigenvalue weighted by Crippen LogP contribution is -2.21. The van der Waals surface area contributed by atoms with Crippen molar-refractivity contribution in [1.82, 2.24) is 5.32 Å². The molecule has 0 aromatic heterocycles. The van der Waals surface area contributed by atoms with Crippen molar-refractivity contribution in [2.24, 2.45) is 0 Å². The van der Waals surface area contributed by atoms with Crippen molar-refractivity contribution in [3.63, 3.8) is 0 Å². The van der Waals surface area contributed by atoms with E-state index in [1.54, 1.807) is 7.11 Å². The molecule has 0 bridgehead atoms. The maximum Gasteiger partial charge on any atom is 0.125 e. The van der Waals surface area contributed by atoms with Gasteiger partial charge in [0.05, 0.1) is 7.11 Å². The first-order chi connectivity index (χ1) is 7.72. The largest absolute Gasteiger partial charge is 0.496 e. The highest BCUT2D eigenvalue weighted by atomic mass is 35.5. The second-order valence-electron chi connectivity index (χ2n) is 3.79. The molecule has 3 heteroatoms. The van der Waals surface area contributed by atoms with E-state index in [9.17, 15) is 0 Å². The number of ether oxygens (including phenoxy) is 1. The quantitative estimate of drug-likeness (QED) is 0.818. The van der Waals surface area contributed by atoms with E-state index in [0.29, 0.717) is 11.1 Å². The molecule has 0 saturated heterocycles. The molecule has 1 atom stereocenters. The normalized spacial score (nSPS) is 12.5. The molecule has 1 unspecified atom stereocenters. The monoisotopic (exact) mass is 241 g/mol. The summed E-state index contributed by atoms with van der Waals surface area (Å²) in [4.78, 5) is 0. The fraction of sp³-hybridized carbons (Fsp3) is 0.538. The van der Waals surface area contributed by atoms with Crippen molar-refractivity contribution >= 4 is 11.6 Å². The predicted octanol–water partition coefficient (Wildman–Crippen LogP) is 3.80. The van der Waals surface area contributed by atoms with Gasteiger partial charge in [0.15, 0.2) is 0 Å². The van der Waals surface area contributed by atoms with Gasteiger partial charge < -0.3 is 10.1 Å². The Kier molecular flexibility index (Phi) is 5.64. The minimum Gasteiger partial charge on any atom is -0.496 e. The van der Waals surface area contributed by atoms with Gasteiger partial charge in [0.1, 0.15) is 5.75 Å². The van der Waals surface area contributed by atoms with Crippen LogP contribution in [0, 0.1) is 0 Å². The van der Waals surface area contributed by atoms with Crippen LogP contribution >= 0.6 is 11.6 Å². The topological polar surface area (TPSA) is 21.3 Å². The summed E-state index contributed by atoms with van der Waals surface area (Å²) in [6.45, 7) is 5.26. The molecular formula is C13H20ClNO. The van der Waals surface area contributed by atoms with E-state index in [1.165, 1.54) is 5.56 Å². The Balaban J connectivity index is 2.97. The summed E-state index contributed by atoms with van der Waals surface area (Å²) in [6.07, 6.45) is 2.25. The van der Waals surface area contributed by atoms with Gasteiger partial charge >= 0.3 is 0 Å². The van der Waals surface area contributed by atoms with Crippen molar-refractivity contribution in [3.05, 3.63) is 28.8 Å². The Hall–Kier alpha value is -0.730. The predicted molar refractivity (Wildman–Crippen MR) is 69.3 cm³/mol. The molecule has 0 heterocycles. The van der Waals surface area contributed by atoms with E-state index >= 15 is 0 Å². The van der Waals surface area contributed by atoms with E-state index in [0.717, 1.165) is 25.1 Å². The first kappa shape index (κ1) is 13.3. The molecular weight excluding hydrogens is 222 g/mol. The van der Waals surface area contributed by atoms with Crippen LogP contribution in [-0.4, -0.2) is 13.7 Å². The molecule has 0 radical (unpaired) electrons. The minimum atomic E-state index is 0.349. The lowest BCUT2D eigenvalue weighted by atomic mass is 10.0. The zero-order chi connectivity index (χ0) is 12.0. The third-order valence-corrected chi connectivity index (χ3v) is 2.83. The number of methoxy groups -OCH3 is 1. The van der Waals surface area contributed by atoms with Crippen LogP contribution in [0.25, 0.3) is 0 Å². The maximum atomic E-state index is 5.95. The number of halogens is 1. The molecule has 1 rings (SSSR count). The molecule has 1 aromatic carbocycles. The van der Waals surface area contributed by atoms with Gasteiger partial charge in [-0.3, -0.25) is 0 Å². The average molecular weight is 242 g/mol. The van der Waals surface area contributed by atoms with Crippen LogP contribution in [0.4, 0.5) is 0 Å². The maximum absolute atomic E-state index is 5.95. The number of benzene rings is 1. The van der Waals surface area contributed by atoms with Gasteiger partial charge in [0, 0.05) is 16.6 Å². The standard InChI is InChI=1S/C13H20ClNO/c1-4-6-12(15-5-2)11-8-7-10(14)9-13(11)16-3/h7-9,12,15H,4-6H2,1-3H3. The highest BCUT2D eigenvalue weighted by Gasteiger charge is 2.14. The number of hydrogen-bond acceptors (Lipinski definition) is 2. The van der Waals surface area contributed by atoms with Gasteiger partial charge in [0.25, 0.3) is 0 Å². The highest BCUT2D eigenvalue weighted by molar-refractivity contribution is 6.30. The van der Waals surface area contributed by atoms with Crippen LogP contribution in [0.15, 0.2) is 18.2 Å². The molecule has 0 aliphatic carbocycles. The average Bonchev–Trinajstić information content (AvgIpc) is 2.28. The Morgan fingerprint density at radius 1 is 1.38 bits per heavy atom. The van der Waals surface area contributed by atoms with Gasteiger partial charge in [-0.15, -0.1) is 0 Å². The zero-order valence-electron chi connectivity index (χ0n) is 10.2. The number of rotatable bonds is 6. The van der Waals surface area contributed by atoms with Crippen molar-refractivity contribution in [3.8, 4) is 5.75 Å². The summed E-state index contributed by atoms with van der Waals surface area (Å²) in [5.41, 5.74) is 1.19. The molecule has 1 N–H and O–H groups in total. The van der Waals surface area contributed by atoms with Crippen LogP contribution in [-0.2, 0) is 0 Å². The SMILES string of the molecule is CCCC(NCC)c1ccc(Cl)cc1OC. The lowest BCUT2D eigenvalue weighted by molar-refractivity contribution is 0.395. The lowest BCUT2D eigenvalue weighted by Gasteiger charge is -2.20. The van der Waals surface area contributed by atoms with Crippen LogP contribution in [0.1, 0.15) is 38.3 Å². The highest BCUT2D eigenvalue weighted by Crippen LogP contribution is 2.30. The summed E-state index contributed by atoms with van der Waals surface area (Å²) in [5, 5.41) is 4.19. The zero-order valence-corrected chi connectivity index (χ0v) is 11.0. The molecule has 0 aliphatic heterocycles. The second kappa shape index (κ2) is 6.77. The van der Waals surface area contributed by atoms with Crippen LogP contribution in [0.5, 0.6) is 5.75 Å². The number of hydrogen-bond donors (Lipinski definition) is 1. The third kappa shape index (κ3) is 3.39. The van der Waals surface area contributed by atoms with Crippen molar-refractivity contribution in [2.75, 3.05) is 13.7 Å². The van der Waals surface area contributed by atoms with E-state index < -0.39 is 0 Å². The summed E-state index contributed by atoms with van der Waals surface area (Å²) in [6, 6.07) is 6.18. The molecule has 1 aromatic rings. The summed E-state index contributed by atoms with van der Waals surface area (Å²) in [7, 11) is 1.68. The Bertz CT molecular complexity index is 322. The first-order valence-corrected chi connectivity index (χ1v) is 6.17. The summed E-state index contributed by atoms with van der Waals surface area (Å²) < 4.78 is 5.38. The van der Waals surface area contributed by atoms with E-state index in [2.05, 4.69) is 19.2 Å². The Labute approximate surface area is 103 Å². The van der Waals surface area contributed by atoms with Crippen molar-refractivity contribution in [2.45, 2.75) is 32.7 Å². The molecule has 0 aliphatic rings. The molecule has 16 heavy (non-hydrogen) atoms. The number of nitrogens with one attached hydrogen (secondary N) is 1. The van der Waals surface area contributed by atoms with E-state index in [-0.39, 0.29) is 0 Å². The molecule has 2 nitrogen and oxygen atoms in total. The smallest absolute Gasteiger partial charge is 0.125 e. The fourth-order valence-corrected chi connectivity index (χ4v) is 2.04. The Morgan fingerprint density at radius 2 is 2.12 bits per heavy atom. The molecule has 0 amide bonds. The Morgan fingerprint density at radius 3 is 2.69 bits per heavy atom. The van der Waals surface area contributed by atoms with Crippen LogP contribution < -0.4 is 10.1 Å². The van der Waals surface area contributed by atoms with Gasteiger partial charge in [-0.2, -0.15) is 0 Å². The summed E-state index contributed by atoms with van der Waals surface area (Å²) in [5.74, 6) is 0.868. The molecule has 0 fully saturated rings. The minimum absolute atomic E-state index is 0.349. The van der Waals surface area contributed by atoms with Crippen LogP contribution in [0.2, 0.25) is 5.02 Å². The fourth-order valence-electron chi connectivity index (χ4n) is 1.88. The van der Waals surface area contributed by atoms with Gasteiger partial charge in [-0.25, -0.2) is 0 Å². The molecule has 0 saturated carbocycles.